The van der Waals surface area contributed by atoms with Crippen molar-refractivity contribution in [2.75, 3.05) is 19.8 Å². The fraction of sp³-hybridized carbons (Fsp3) is 0.455. The van der Waals surface area contributed by atoms with Gasteiger partial charge >= 0.3 is 0 Å². The molecule has 4 nitrogen and oxygen atoms in total. The second-order valence-corrected chi connectivity index (χ2v) is 3.71. The Bertz CT molecular complexity index is 246. The van der Waals surface area contributed by atoms with Crippen molar-refractivity contribution in [2.45, 2.75) is 12.2 Å². The van der Waals surface area contributed by atoms with E-state index in [4.69, 9.17) is 11.5 Å². The van der Waals surface area contributed by atoms with Crippen LogP contribution in [-0.2, 0) is 0 Å². The number of nitrogens with two attached hydrogens (primary N) is 2. The Morgan fingerprint density at radius 3 is 2.44 bits per heavy atom. The van der Waals surface area contributed by atoms with Gasteiger partial charge in [-0.15, -0.1) is 0 Å². The van der Waals surface area contributed by atoms with Gasteiger partial charge in [0.1, 0.15) is 0 Å². The van der Waals surface area contributed by atoms with E-state index in [0.717, 1.165) is 0 Å². The van der Waals surface area contributed by atoms with Crippen LogP contribution in [0.2, 0.25) is 0 Å². The standard InChI is InChI=1S/C11H22N4S/c1-14-10(9-16)11(13)15(2)8-6-4-3-5-7-12/h3-8,10-11,14,16H,9,12-13H2,1-2H3/b4-3-,7-5-,8-6-. The zero-order valence-corrected chi connectivity index (χ0v) is 10.8. The lowest BCUT2D eigenvalue weighted by atomic mass is 10.2. The summed E-state index contributed by atoms with van der Waals surface area (Å²) in [5, 5.41) is 3.12. The summed E-state index contributed by atoms with van der Waals surface area (Å²) in [4.78, 5) is 1.94. The molecule has 0 spiro atoms. The molecule has 0 aromatic carbocycles. The second-order valence-electron chi connectivity index (χ2n) is 3.35. The third-order valence-electron chi connectivity index (χ3n) is 2.22. The van der Waals surface area contributed by atoms with Crippen molar-refractivity contribution in [1.29, 1.82) is 0 Å². The van der Waals surface area contributed by atoms with Gasteiger partial charge in [-0.2, -0.15) is 12.6 Å². The number of rotatable bonds is 7. The molecule has 0 saturated carbocycles. The molecule has 0 heterocycles. The van der Waals surface area contributed by atoms with E-state index in [-0.39, 0.29) is 12.2 Å². The zero-order valence-electron chi connectivity index (χ0n) is 9.88. The first-order valence-corrected chi connectivity index (χ1v) is 5.78. The number of allylic oxidation sites excluding steroid dienone is 4. The predicted octanol–water partition coefficient (Wildman–Crippen LogP) is 0.263. The summed E-state index contributed by atoms with van der Waals surface area (Å²) in [6.45, 7) is 0. The molecule has 2 unspecified atom stereocenters. The van der Waals surface area contributed by atoms with Gasteiger partial charge in [-0.25, -0.2) is 0 Å². The van der Waals surface area contributed by atoms with Gasteiger partial charge in [-0.1, -0.05) is 12.2 Å². The van der Waals surface area contributed by atoms with Crippen LogP contribution in [0.3, 0.4) is 0 Å². The predicted molar refractivity (Wildman–Crippen MR) is 74.0 cm³/mol. The van der Waals surface area contributed by atoms with Crippen LogP contribution in [0.5, 0.6) is 0 Å². The van der Waals surface area contributed by atoms with Gasteiger partial charge in [0.05, 0.1) is 6.17 Å². The van der Waals surface area contributed by atoms with Crippen LogP contribution in [0.15, 0.2) is 36.7 Å². The van der Waals surface area contributed by atoms with Crippen molar-refractivity contribution in [1.82, 2.24) is 10.2 Å². The molecule has 0 fully saturated rings. The Kier molecular flexibility index (Phi) is 8.80. The molecule has 0 saturated heterocycles. The van der Waals surface area contributed by atoms with E-state index in [9.17, 15) is 0 Å². The Morgan fingerprint density at radius 1 is 1.31 bits per heavy atom. The van der Waals surface area contributed by atoms with Crippen LogP contribution in [-0.4, -0.2) is 37.0 Å². The summed E-state index contributed by atoms with van der Waals surface area (Å²) < 4.78 is 0. The molecule has 5 heteroatoms. The minimum absolute atomic E-state index is 0.0998. The second kappa shape index (κ2) is 9.33. The third-order valence-corrected chi connectivity index (χ3v) is 2.61. The highest BCUT2D eigenvalue weighted by molar-refractivity contribution is 7.80. The van der Waals surface area contributed by atoms with Gasteiger partial charge in [0.2, 0.25) is 0 Å². The lowest BCUT2D eigenvalue weighted by Crippen LogP contribution is -2.52. The molecule has 0 aliphatic rings. The lowest BCUT2D eigenvalue weighted by Gasteiger charge is -2.29. The third kappa shape index (κ3) is 5.85. The fourth-order valence-electron chi connectivity index (χ4n) is 1.13. The maximum Gasteiger partial charge on any atom is 0.0926 e. The van der Waals surface area contributed by atoms with Crippen molar-refractivity contribution in [3.63, 3.8) is 0 Å². The normalized spacial score (nSPS) is 16.2. The average Bonchev–Trinajstić information content (AvgIpc) is 2.30. The smallest absolute Gasteiger partial charge is 0.0926 e. The van der Waals surface area contributed by atoms with Crippen molar-refractivity contribution >= 4 is 12.6 Å². The van der Waals surface area contributed by atoms with Crippen molar-refractivity contribution in [2.24, 2.45) is 11.5 Å². The molecule has 5 N–H and O–H groups in total. The van der Waals surface area contributed by atoms with Gasteiger partial charge < -0.3 is 21.7 Å². The highest BCUT2D eigenvalue weighted by atomic mass is 32.1. The molecule has 0 aliphatic heterocycles. The summed E-state index contributed by atoms with van der Waals surface area (Å²) in [6, 6.07) is 0.158. The summed E-state index contributed by atoms with van der Waals surface area (Å²) >= 11 is 4.24. The minimum atomic E-state index is -0.0998. The van der Waals surface area contributed by atoms with Crippen LogP contribution < -0.4 is 16.8 Å². The summed E-state index contributed by atoms with van der Waals surface area (Å²) in [6.07, 6.45) is 10.7. The Morgan fingerprint density at radius 2 is 1.94 bits per heavy atom. The topological polar surface area (TPSA) is 67.3 Å². The van der Waals surface area contributed by atoms with E-state index in [1.807, 2.05) is 43.4 Å². The number of nitrogens with one attached hydrogen (secondary N) is 1. The first-order chi connectivity index (χ1) is 7.67. The molecule has 16 heavy (non-hydrogen) atoms. The molecule has 2 atom stereocenters. The van der Waals surface area contributed by atoms with E-state index >= 15 is 0 Å². The fourth-order valence-corrected chi connectivity index (χ4v) is 1.53. The maximum absolute atomic E-state index is 6.03. The Labute approximate surface area is 103 Å². The van der Waals surface area contributed by atoms with E-state index in [0.29, 0.717) is 5.75 Å². The van der Waals surface area contributed by atoms with E-state index in [1.54, 1.807) is 6.08 Å². The van der Waals surface area contributed by atoms with E-state index in [1.165, 1.54) is 6.20 Å². The Hall–Kier alpha value is -0.910. The molecule has 0 aromatic rings. The molecular formula is C11H22N4S. The van der Waals surface area contributed by atoms with Gasteiger partial charge in [0.15, 0.2) is 0 Å². The molecule has 0 radical (unpaired) electrons. The first kappa shape index (κ1) is 15.1. The van der Waals surface area contributed by atoms with Gasteiger partial charge in [-0.05, 0) is 25.4 Å². The van der Waals surface area contributed by atoms with Crippen molar-refractivity contribution < 1.29 is 0 Å². The van der Waals surface area contributed by atoms with Crippen LogP contribution in [0.25, 0.3) is 0 Å². The van der Waals surface area contributed by atoms with Gasteiger partial charge in [-0.3, -0.25) is 0 Å². The number of hydrogen-bond donors (Lipinski definition) is 4. The molecular weight excluding hydrogens is 220 g/mol. The lowest BCUT2D eigenvalue weighted by molar-refractivity contribution is 0.281. The highest BCUT2D eigenvalue weighted by Crippen LogP contribution is 1.99. The molecule has 0 aliphatic carbocycles. The highest BCUT2D eigenvalue weighted by Gasteiger charge is 2.15. The molecule has 0 rings (SSSR count). The van der Waals surface area contributed by atoms with Crippen molar-refractivity contribution in [3.8, 4) is 0 Å². The van der Waals surface area contributed by atoms with Gasteiger partial charge in [0.25, 0.3) is 0 Å². The number of hydrogen-bond acceptors (Lipinski definition) is 5. The van der Waals surface area contributed by atoms with E-state index < -0.39 is 0 Å². The molecule has 0 amide bonds. The quantitative estimate of drug-likeness (QED) is 0.294. The van der Waals surface area contributed by atoms with Gasteiger partial charge in [0, 0.05) is 25.0 Å². The SMILES string of the molecule is CNC(CS)C(N)N(C)\C=C/C=C\C=C/N. The summed E-state index contributed by atoms with van der Waals surface area (Å²) in [5.74, 6) is 0.696. The van der Waals surface area contributed by atoms with Crippen LogP contribution in [0.1, 0.15) is 0 Å². The minimum Gasteiger partial charge on any atom is -0.405 e. The Balaban J connectivity index is 4.17. The van der Waals surface area contributed by atoms with Crippen molar-refractivity contribution in [3.05, 3.63) is 36.7 Å². The number of nitrogens with zero attached hydrogens (tertiary/aromatic N) is 1. The number of likely N-dealkylation sites (N-methyl/N-ethyl adjacent to an activating group) is 2. The van der Waals surface area contributed by atoms with Crippen LogP contribution in [0.4, 0.5) is 0 Å². The summed E-state index contributed by atoms with van der Waals surface area (Å²) in [7, 11) is 3.81. The monoisotopic (exact) mass is 242 g/mol. The average molecular weight is 242 g/mol. The number of thiol groups is 1. The van der Waals surface area contributed by atoms with Crippen LogP contribution in [0, 0.1) is 0 Å². The zero-order chi connectivity index (χ0) is 12.4. The first-order valence-electron chi connectivity index (χ1n) is 5.14. The van der Waals surface area contributed by atoms with E-state index in [2.05, 4.69) is 17.9 Å². The molecule has 92 valence electrons. The molecule has 0 aromatic heterocycles. The molecule has 0 bridgehead atoms. The summed E-state index contributed by atoms with van der Waals surface area (Å²) in [5.41, 5.74) is 11.2. The maximum atomic E-state index is 6.03. The largest absolute Gasteiger partial charge is 0.405 e. The van der Waals surface area contributed by atoms with Crippen LogP contribution >= 0.6 is 12.6 Å².